The van der Waals surface area contributed by atoms with Gasteiger partial charge in [-0.3, -0.25) is 0 Å². The van der Waals surface area contributed by atoms with E-state index in [0.29, 0.717) is 0 Å². The molecule has 0 radical (unpaired) electrons. The highest BCUT2D eigenvalue weighted by Gasteiger charge is 2.03. The molecule has 94 valence electrons. The van der Waals surface area contributed by atoms with Crippen molar-refractivity contribution in [3.05, 3.63) is 60.4 Å². The molecule has 0 unspecified atom stereocenters. The molecule has 1 N–H and O–H groups in total. The summed E-state index contributed by atoms with van der Waals surface area (Å²) < 4.78 is 0. The standard InChI is InChI=1S/C16H15N3/c1-17-11-15-8-9-18-16(19-15)14-7-6-12-4-2-3-5-13(12)10-14/h2-10,17H,11H2,1H3. The molecule has 0 aliphatic carbocycles. The molecule has 2 aromatic carbocycles. The minimum absolute atomic E-state index is 0.753. The third kappa shape index (κ3) is 2.46. The predicted octanol–water partition coefficient (Wildman–Crippen LogP) is 3.02. The van der Waals surface area contributed by atoms with Gasteiger partial charge >= 0.3 is 0 Å². The summed E-state index contributed by atoms with van der Waals surface area (Å²) in [4.78, 5) is 8.93. The molecule has 0 atom stereocenters. The third-order valence-electron chi connectivity index (χ3n) is 3.08. The maximum absolute atomic E-state index is 4.57. The van der Waals surface area contributed by atoms with Crippen molar-refractivity contribution >= 4 is 10.8 Å². The molecule has 0 spiro atoms. The molecular formula is C16H15N3. The second-order valence-corrected chi connectivity index (χ2v) is 4.46. The summed E-state index contributed by atoms with van der Waals surface area (Å²) in [6, 6.07) is 16.6. The molecule has 0 aliphatic heterocycles. The Morgan fingerprint density at radius 1 is 1.00 bits per heavy atom. The van der Waals surface area contributed by atoms with E-state index in [1.54, 1.807) is 0 Å². The maximum atomic E-state index is 4.57. The molecule has 0 fully saturated rings. The Morgan fingerprint density at radius 2 is 1.84 bits per heavy atom. The van der Waals surface area contributed by atoms with Gasteiger partial charge in [-0.25, -0.2) is 9.97 Å². The van der Waals surface area contributed by atoms with Crippen molar-refractivity contribution in [2.24, 2.45) is 0 Å². The van der Waals surface area contributed by atoms with Gasteiger partial charge in [0.25, 0.3) is 0 Å². The number of fused-ring (bicyclic) bond motifs is 1. The first kappa shape index (κ1) is 11.8. The Kier molecular flexibility index (Phi) is 3.21. The molecule has 1 aromatic heterocycles. The van der Waals surface area contributed by atoms with Gasteiger partial charge in [0, 0.05) is 18.3 Å². The van der Waals surface area contributed by atoms with Crippen molar-refractivity contribution in [1.29, 1.82) is 0 Å². The minimum atomic E-state index is 0.753. The van der Waals surface area contributed by atoms with Gasteiger partial charge in [0.1, 0.15) is 0 Å². The van der Waals surface area contributed by atoms with E-state index in [4.69, 9.17) is 0 Å². The van der Waals surface area contributed by atoms with Crippen LogP contribution in [-0.2, 0) is 6.54 Å². The van der Waals surface area contributed by atoms with Crippen molar-refractivity contribution in [3.63, 3.8) is 0 Å². The van der Waals surface area contributed by atoms with Crippen LogP contribution in [0.25, 0.3) is 22.2 Å². The van der Waals surface area contributed by atoms with Crippen LogP contribution in [0, 0.1) is 0 Å². The van der Waals surface area contributed by atoms with Crippen LogP contribution in [0.4, 0.5) is 0 Å². The first-order valence-corrected chi connectivity index (χ1v) is 6.32. The Morgan fingerprint density at radius 3 is 2.68 bits per heavy atom. The van der Waals surface area contributed by atoms with Crippen LogP contribution in [0.5, 0.6) is 0 Å². The summed E-state index contributed by atoms with van der Waals surface area (Å²) in [7, 11) is 1.91. The van der Waals surface area contributed by atoms with Gasteiger partial charge < -0.3 is 5.32 Å². The molecule has 0 saturated carbocycles. The number of hydrogen-bond acceptors (Lipinski definition) is 3. The first-order chi connectivity index (χ1) is 9.36. The maximum Gasteiger partial charge on any atom is 0.159 e. The summed E-state index contributed by atoms with van der Waals surface area (Å²) in [5.41, 5.74) is 2.05. The number of rotatable bonds is 3. The number of benzene rings is 2. The zero-order valence-corrected chi connectivity index (χ0v) is 10.8. The Bertz CT molecular complexity index is 707. The molecule has 3 aromatic rings. The van der Waals surface area contributed by atoms with Gasteiger partial charge in [-0.1, -0.05) is 36.4 Å². The SMILES string of the molecule is CNCc1ccnc(-c2ccc3ccccc3c2)n1. The largest absolute Gasteiger partial charge is 0.314 e. The van der Waals surface area contributed by atoms with Crippen molar-refractivity contribution in [2.75, 3.05) is 7.05 Å². The third-order valence-corrected chi connectivity index (χ3v) is 3.08. The van der Waals surface area contributed by atoms with E-state index < -0.39 is 0 Å². The Balaban J connectivity index is 2.05. The minimum Gasteiger partial charge on any atom is -0.314 e. The van der Waals surface area contributed by atoms with E-state index in [1.807, 2.05) is 31.4 Å². The summed E-state index contributed by atoms with van der Waals surface area (Å²) in [6.07, 6.45) is 1.81. The van der Waals surface area contributed by atoms with E-state index >= 15 is 0 Å². The molecule has 0 amide bonds. The van der Waals surface area contributed by atoms with Crippen molar-refractivity contribution in [2.45, 2.75) is 6.54 Å². The molecule has 0 saturated heterocycles. The Labute approximate surface area is 112 Å². The molecule has 0 aliphatic rings. The van der Waals surface area contributed by atoms with Crippen LogP contribution in [0.2, 0.25) is 0 Å². The molecule has 3 heteroatoms. The monoisotopic (exact) mass is 249 g/mol. The average Bonchev–Trinajstić information content (AvgIpc) is 2.47. The quantitative estimate of drug-likeness (QED) is 0.775. The zero-order chi connectivity index (χ0) is 13.1. The second-order valence-electron chi connectivity index (χ2n) is 4.46. The molecular weight excluding hydrogens is 234 g/mol. The van der Waals surface area contributed by atoms with Gasteiger partial charge in [0.2, 0.25) is 0 Å². The van der Waals surface area contributed by atoms with E-state index in [0.717, 1.165) is 23.6 Å². The van der Waals surface area contributed by atoms with Crippen LogP contribution >= 0.6 is 0 Å². The second kappa shape index (κ2) is 5.16. The van der Waals surface area contributed by atoms with Crippen molar-refractivity contribution < 1.29 is 0 Å². The van der Waals surface area contributed by atoms with Gasteiger partial charge in [-0.2, -0.15) is 0 Å². The summed E-state index contributed by atoms with van der Waals surface area (Å²) in [6.45, 7) is 0.753. The molecule has 3 rings (SSSR count). The van der Waals surface area contributed by atoms with Crippen molar-refractivity contribution in [3.8, 4) is 11.4 Å². The van der Waals surface area contributed by atoms with Crippen LogP contribution in [-0.4, -0.2) is 17.0 Å². The highest BCUT2D eigenvalue weighted by Crippen LogP contribution is 2.21. The van der Waals surface area contributed by atoms with Gasteiger partial charge in [0.15, 0.2) is 5.82 Å². The van der Waals surface area contributed by atoms with Crippen LogP contribution < -0.4 is 5.32 Å². The van der Waals surface area contributed by atoms with E-state index in [1.165, 1.54) is 10.8 Å². The van der Waals surface area contributed by atoms with Gasteiger partial charge in [-0.05, 0) is 30.0 Å². The zero-order valence-electron chi connectivity index (χ0n) is 10.8. The lowest BCUT2D eigenvalue weighted by atomic mass is 10.1. The summed E-state index contributed by atoms with van der Waals surface area (Å²) >= 11 is 0. The van der Waals surface area contributed by atoms with E-state index in [-0.39, 0.29) is 0 Å². The normalized spacial score (nSPS) is 10.8. The fraction of sp³-hybridized carbons (Fsp3) is 0.125. The fourth-order valence-corrected chi connectivity index (χ4v) is 2.14. The van der Waals surface area contributed by atoms with Crippen LogP contribution in [0.3, 0.4) is 0 Å². The number of aromatic nitrogens is 2. The highest BCUT2D eigenvalue weighted by atomic mass is 14.9. The topological polar surface area (TPSA) is 37.8 Å². The average molecular weight is 249 g/mol. The molecule has 0 bridgehead atoms. The number of nitrogens with one attached hydrogen (secondary N) is 1. The van der Waals surface area contributed by atoms with E-state index in [9.17, 15) is 0 Å². The first-order valence-electron chi connectivity index (χ1n) is 6.32. The fourth-order valence-electron chi connectivity index (χ4n) is 2.14. The highest BCUT2D eigenvalue weighted by molar-refractivity contribution is 5.86. The Hall–Kier alpha value is -2.26. The summed E-state index contributed by atoms with van der Waals surface area (Å²) in [5.74, 6) is 0.776. The molecule has 3 nitrogen and oxygen atoms in total. The summed E-state index contributed by atoms with van der Waals surface area (Å²) in [5, 5.41) is 5.55. The lowest BCUT2D eigenvalue weighted by Gasteiger charge is -2.05. The van der Waals surface area contributed by atoms with Gasteiger partial charge in [0.05, 0.1) is 5.69 Å². The molecule has 1 heterocycles. The smallest absolute Gasteiger partial charge is 0.159 e. The molecule has 19 heavy (non-hydrogen) atoms. The van der Waals surface area contributed by atoms with Gasteiger partial charge in [-0.15, -0.1) is 0 Å². The number of hydrogen-bond donors (Lipinski definition) is 1. The van der Waals surface area contributed by atoms with Crippen molar-refractivity contribution in [1.82, 2.24) is 15.3 Å². The number of nitrogens with zero attached hydrogens (tertiary/aromatic N) is 2. The lowest BCUT2D eigenvalue weighted by Crippen LogP contribution is -2.07. The lowest BCUT2D eigenvalue weighted by molar-refractivity contribution is 0.788. The van der Waals surface area contributed by atoms with Crippen LogP contribution in [0.15, 0.2) is 54.7 Å². The predicted molar refractivity (Wildman–Crippen MR) is 77.7 cm³/mol. The van der Waals surface area contributed by atoms with E-state index in [2.05, 4.69) is 45.6 Å². The van der Waals surface area contributed by atoms with Crippen LogP contribution in [0.1, 0.15) is 5.69 Å².